The highest BCUT2D eigenvalue weighted by Gasteiger charge is 2.15. The minimum absolute atomic E-state index is 0.264. The molecule has 0 saturated heterocycles. The standard InChI is InChI=1S/C12H26N2O3/c1-12(2,3)17-11(16)14-9-8-13-7-5-4-6-10-15/h13,15H,4-10H2,1-3H3,(H,14,16). The van der Waals surface area contributed by atoms with Crippen LogP contribution in [0.1, 0.15) is 40.0 Å². The van der Waals surface area contributed by atoms with Crippen LogP contribution in [-0.2, 0) is 4.74 Å². The van der Waals surface area contributed by atoms with E-state index in [1.54, 1.807) is 0 Å². The molecule has 0 aliphatic carbocycles. The van der Waals surface area contributed by atoms with Gasteiger partial charge in [-0.15, -0.1) is 0 Å². The number of unbranched alkanes of at least 4 members (excludes halogenated alkanes) is 2. The lowest BCUT2D eigenvalue weighted by Crippen LogP contribution is -2.36. The highest BCUT2D eigenvalue weighted by atomic mass is 16.6. The molecule has 1 amide bonds. The Hall–Kier alpha value is -0.810. The third kappa shape index (κ3) is 13.1. The second kappa shape index (κ2) is 9.24. The van der Waals surface area contributed by atoms with E-state index in [4.69, 9.17) is 9.84 Å². The predicted molar refractivity (Wildman–Crippen MR) is 68.0 cm³/mol. The Morgan fingerprint density at radius 3 is 2.41 bits per heavy atom. The second-order valence-electron chi connectivity index (χ2n) is 4.96. The number of hydrogen-bond acceptors (Lipinski definition) is 4. The van der Waals surface area contributed by atoms with E-state index in [0.717, 1.165) is 32.4 Å². The van der Waals surface area contributed by atoms with Gasteiger partial charge in [0.15, 0.2) is 0 Å². The molecule has 5 nitrogen and oxygen atoms in total. The predicted octanol–water partition coefficient (Wildman–Crippen LogP) is 1.26. The lowest BCUT2D eigenvalue weighted by atomic mass is 10.2. The molecule has 0 fully saturated rings. The first-order chi connectivity index (χ1) is 7.95. The van der Waals surface area contributed by atoms with Crippen LogP contribution in [0.2, 0.25) is 0 Å². The summed E-state index contributed by atoms with van der Waals surface area (Å²) < 4.78 is 5.09. The Bertz CT molecular complexity index is 202. The number of aliphatic hydroxyl groups is 1. The number of carbonyl (C=O) groups excluding carboxylic acids is 1. The molecule has 0 bridgehead atoms. The second-order valence-corrected chi connectivity index (χ2v) is 4.96. The summed E-state index contributed by atoms with van der Waals surface area (Å²) in [7, 11) is 0. The van der Waals surface area contributed by atoms with Crippen molar-refractivity contribution in [2.45, 2.75) is 45.6 Å². The van der Waals surface area contributed by atoms with Crippen LogP contribution in [0.4, 0.5) is 4.79 Å². The van der Waals surface area contributed by atoms with Gasteiger partial charge in [-0.3, -0.25) is 0 Å². The van der Waals surface area contributed by atoms with Crippen molar-refractivity contribution in [1.82, 2.24) is 10.6 Å². The Morgan fingerprint density at radius 1 is 1.12 bits per heavy atom. The van der Waals surface area contributed by atoms with Gasteiger partial charge in [0.05, 0.1) is 0 Å². The number of alkyl carbamates (subject to hydrolysis) is 1. The van der Waals surface area contributed by atoms with Gasteiger partial charge in [-0.1, -0.05) is 0 Å². The minimum atomic E-state index is -0.443. The summed E-state index contributed by atoms with van der Waals surface area (Å²) in [4.78, 5) is 11.2. The summed E-state index contributed by atoms with van der Waals surface area (Å²) >= 11 is 0. The molecular weight excluding hydrogens is 220 g/mol. The number of aliphatic hydroxyl groups excluding tert-OH is 1. The van der Waals surface area contributed by atoms with Crippen molar-refractivity contribution in [3.8, 4) is 0 Å². The van der Waals surface area contributed by atoms with Crippen molar-refractivity contribution in [2.75, 3.05) is 26.2 Å². The van der Waals surface area contributed by atoms with Crippen molar-refractivity contribution in [3.05, 3.63) is 0 Å². The van der Waals surface area contributed by atoms with Gasteiger partial charge in [-0.25, -0.2) is 4.79 Å². The molecule has 0 rings (SSSR count). The van der Waals surface area contributed by atoms with Crippen LogP contribution in [0, 0.1) is 0 Å². The summed E-state index contributed by atoms with van der Waals surface area (Å²) in [5.74, 6) is 0. The zero-order valence-corrected chi connectivity index (χ0v) is 11.2. The molecule has 0 aromatic heterocycles. The molecule has 17 heavy (non-hydrogen) atoms. The van der Waals surface area contributed by atoms with Crippen LogP contribution in [-0.4, -0.2) is 43.0 Å². The zero-order valence-electron chi connectivity index (χ0n) is 11.2. The Morgan fingerprint density at radius 2 is 1.82 bits per heavy atom. The fraction of sp³-hybridized carbons (Fsp3) is 0.917. The van der Waals surface area contributed by atoms with E-state index in [1.165, 1.54) is 0 Å². The lowest BCUT2D eigenvalue weighted by molar-refractivity contribution is 0.0528. The summed E-state index contributed by atoms with van der Waals surface area (Å²) in [6.45, 7) is 7.99. The molecule has 0 unspecified atom stereocenters. The van der Waals surface area contributed by atoms with Crippen LogP contribution < -0.4 is 10.6 Å². The van der Waals surface area contributed by atoms with Gasteiger partial charge in [0.1, 0.15) is 5.60 Å². The van der Waals surface area contributed by atoms with E-state index in [2.05, 4.69) is 10.6 Å². The van der Waals surface area contributed by atoms with Gasteiger partial charge in [-0.05, 0) is 46.6 Å². The van der Waals surface area contributed by atoms with E-state index < -0.39 is 5.60 Å². The van der Waals surface area contributed by atoms with Crippen molar-refractivity contribution >= 4 is 6.09 Å². The fourth-order valence-electron chi connectivity index (χ4n) is 1.23. The molecule has 0 atom stereocenters. The van der Waals surface area contributed by atoms with E-state index in [-0.39, 0.29) is 12.7 Å². The maximum atomic E-state index is 11.2. The molecular formula is C12H26N2O3. The highest BCUT2D eigenvalue weighted by molar-refractivity contribution is 5.67. The van der Waals surface area contributed by atoms with Crippen molar-refractivity contribution < 1.29 is 14.6 Å². The topological polar surface area (TPSA) is 70.6 Å². The third-order valence-corrected chi connectivity index (χ3v) is 1.98. The van der Waals surface area contributed by atoms with Crippen LogP contribution >= 0.6 is 0 Å². The smallest absolute Gasteiger partial charge is 0.407 e. The van der Waals surface area contributed by atoms with Crippen molar-refractivity contribution in [3.63, 3.8) is 0 Å². The zero-order chi connectivity index (χ0) is 13.1. The first-order valence-corrected chi connectivity index (χ1v) is 6.24. The molecule has 0 aromatic carbocycles. The first-order valence-electron chi connectivity index (χ1n) is 6.24. The monoisotopic (exact) mass is 246 g/mol. The van der Waals surface area contributed by atoms with E-state index in [0.29, 0.717) is 6.54 Å². The molecule has 0 spiro atoms. The van der Waals surface area contributed by atoms with E-state index in [9.17, 15) is 4.79 Å². The minimum Gasteiger partial charge on any atom is -0.444 e. The van der Waals surface area contributed by atoms with Crippen LogP contribution in [0.5, 0.6) is 0 Å². The summed E-state index contributed by atoms with van der Waals surface area (Å²) in [5.41, 5.74) is -0.443. The number of carbonyl (C=O) groups is 1. The van der Waals surface area contributed by atoms with Crippen LogP contribution in [0.3, 0.4) is 0 Å². The largest absolute Gasteiger partial charge is 0.444 e. The maximum Gasteiger partial charge on any atom is 0.407 e. The molecule has 0 saturated carbocycles. The molecule has 3 N–H and O–H groups in total. The number of ether oxygens (including phenoxy) is 1. The average Bonchev–Trinajstić information content (AvgIpc) is 2.19. The van der Waals surface area contributed by atoms with Gasteiger partial charge in [-0.2, -0.15) is 0 Å². The number of amides is 1. The van der Waals surface area contributed by atoms with E-state index in [1.807, 2.05) is 20.8 Å². The Balaban J connectivity index is 3.25. The molecule has 0 aromatic rings. The quantitative estimate of drug-likeness (QED) is 0.564. The number of hydrogen-bond donors (Lipinski definition) is 3. The Labute approximate surface area is 104 Å². The highest BCUT2D eigenvalue weighted by Crippen LogP contribution is 2.05. The molecule has 102 valence electrons. The van der Waals surface area contributed by atoms with Gasteiger partial charge in [0, 0.05) is 19.7 Å². The fourth-order valence-corrected chi connectivity index (χ4v) is 1.23. The normalized spacial score (nSPS) is 11.3. The van der Waals surface area contributed by atoms with Gasteiger partial charge in [0.25, 0.3) is 0 Å². The van der Waals surface area contributed by atoms with Crippen molar-refractivity contribution in [1.29, 1.82) is 0 Å². The lowest BCUT2D eigenvalue weighted by Gasteiger charge is -2.19. The number of nitrogens with one attached hydrogen (secondary N) is 2. The molecule has 0 radical (unpaired) electrons. The summed E-state index contributed by atoms with van der Waals surface area (Å²) in [6.07, 6.45) is 2.56. The number of rotatable bonds is 8. The summed E-state index contributed by atoms with van der Waals surface area (Å²) in [6, 6.07) is 0. The van der Waals surface area contributed by atoms with E-state index >= 15 is 0 Å². The molecule has 0 aliphatic heterocycles. The average molecular weight is 246 g/mol. The maximum absolute atomic E-state index is 11.2. The van der Waals surface area contributed by atoms with Gasteiger partial charge < -0.3 is 20.5 Å². The van der Waals surface area contributed by atoms with Crippen molar-refractivity contribution in [2.24, 2.45) is 0 Å². The summed E-state index contributed by atoms with van der Waals surface area (Å²) in [5, 5.41) is 14.5. The Kier molecular flexibility index (Phi) is 8.80. The molecule has 0 aliphatic rings. The van der Waals surface area contributed by atoms with Crippen LogP contribution in [0.15, 0.2) is 0 Å². The molecule has 0 heterocycles. The van der Waals surface area contributed by atoms with Gasteiger partial charge in [0.2, 0.25) is 0 Å². The molecule has 5 heteroatoms. The first kappa shape index (κ1) is 16.2. The third-order valence-electron chi connectivity index (χ3n) is 1.98. The SMILES string of the molecule is CC(C)(C)OC(=O)NCCNCCCCCO. The van der Waals surface area contributed by atoms with Crippen LogP contribution in [0.25, 0.3) is 0 Å². The van der Waals surface area contributed by atoms with Gasteiger partial charge >= 0.3 is 6.09 Å².